The van der Waals surface area contributed by atoms with Crippen LogP contribution in [0.2, 0.25) is 0 Å². The second-order valence-electron chi connectivity index (χ2n) is 6.78. The number of likely N-dealkylation sites (N-methyl/N-ethyl adjacent to an activating group) is 1. The number of hydrogen-bond acceptors (Lipinski definition) is 5. The Balaban J connectivity index is 2.07. The van der Waals surface area contributed by atoms with Crippen LogP contribution in [-0.4, -0.2) is 48.6 Å². The van der Waals surface area contributed by atoms with Gasteiger partial charge in [0, 0.05) is 19.7 Å². The average molecular weight is 416 g/mol. The third kappa shape index (κ3) is 4.04. The summed E-state index contributed by atoms with van der Waals surface area (Å²) in [5, 5.41) is 9.29. The zero-order valence-corrected chi connectivity index (χ0v) is 16.7. The molecule has 0 bridgehead atoms. The first-order valence-corrected chi connectivity index (χ1v) is 9.52. The molecule has 3 rings (SSSR count). The lowest BCUT2D eigenvalue weighted by Gasteiger charge is -2.20. The number of aliphatic hydroxyl groups excluding tert-OH is 1. The summed E-state index contributed by atoms with van der Waals surface area (Å²) in [4.78, 5) is 28.3. The van der Waals surface area contributed by atoms with Gasteiger partial charge in [0.15, 0.2) is 0 Å². The van der Waals surface area contributed by atoms with Gasteiger partial charge in [0.1, 0.15) is 23.1 Å². The van der Waals surface area contributed by atoms with E-state index in [-0.39, 0.29) is 24.4 Å². The van der Waals surface area contributed by atoms with Crippen LogP contribution in [0.1, 0.15) is 18.9 Å². The molecule has 1 aliphatic heterocycles. The molecule has 8 heteroatoms. The number of aliphatic hydroxyl groups is 1. The van der Waals surface area contributed by atoms with Crippen molar-refractivity contribution in [3.05, 3.63) is 65.4 Å². The van der Waals surface area contributed by atoms with Crippen LogP contribution in [0.5, 0.6) is 5.75 Å². The SMILES string of the molecule is CCCOc1ccc(C2=C(N(C)CCO)C(=O)N(c3cc(F)ccc3F)C2=O)cc1. The van der Waals surface area contributed by atoms with Crippen molar-refractivity contribution in [3.63, 3.8) is 0 Å². The Kier molecular flexibility index (Phi) is 6.47. The van der Waals surface area contributed by atoms with E-state index >= 15 is 0 Å². The number of hydrogen-bond donors (Lipinski definition) is 1. The molecule has 1 aliphatic rings. The minimum absolute atomic E-state index is 0.0000576. The molecular formula is C22H22F2N2O4. The van der Waals surface area contributed by atoms with Crippen LogP contribution in [0.4, 0.5) is 14.5 Å². The maximum atomic E-state index is 14.3. The average Bonchev–Trinajstić information content (AvgIpc) is 2.99. The Morgan fingerprint density at radius 3 is 2.40 bits per heavy atom. The van der Waals surface area contributed by atoms with E-state index in [0.29, 0.717) is 22.8 Å². The van der Waals surface area contributed by atoms with Crippen molar-refractivity contribution in [2.45, 2.75) is 13.3 Å². The molecule has 0 unspecified atom stereocenters. The van der Waals surface area contributed by atoms with Gasteiger partial charge in [-0.15, -0.1) is 0 Å². The Hall–Kier alpha value is -3.26. The summed E-state index contributed by atoms with van der Waals surface area (Å²) in [5.74, 6) is -2.63. The smallest absolute Gasteiger partial charge is 0.282 e. The first-order valence-electron chi connectivity index (χ1n) is 9.52. The lowest BCUT2D eigenvalue weighted by atomic mass is 10.0. The highest BCUT2D eigenvalue weighted by Gasteiger charge is 2.42. The van der Waals surface area contributed by atoms with Gasteiger partial charge in [-0.1, -0.05) is 19.1 Å². The van der Waals surface area contributed by atoms with E-state index in [9.17, 15) is 23.5 Å². The fraction of sp³-hybridized carbons (Fsp3) is 0.273. The Bertz CT molecular complexity index is 989. The molecular weight excluding hydrogens is 394 g/mol. The van der Waals surface area contributed by atoms with Gasteiger partial charge in [-0.25, -0.2) is 13.7 Å². The second kappa shape index (κ2) is 9.04. The number of benzene rings is 2. The summed E-state index contributed by atoms with van der Waals surface area (Å²) in [7, 11) is 1.54. The van der Waals surface area contributed by atoms with Crippen LogP contribution in [0.3, 0.4) is 0 Å². The number of imide groups is 1. The number of ether oxygens (including phenoxy) is 1. The highest BCUT2D eigenvalue weighted by atomic mass is 19.1. The van der Waals surface area contributed by atoms with Gasteiger partial charge in [-0.05, 0) is 36.2 Å². The molecule has 30 heavy (non-hydrogen) atoms. The number of carbonyl (C=O) groups excluding carboxylic acids is 2. The highest BCUT2D eigenvalue weighted by Crippen LogP contribution is 2.36. The summed E-state index contributed by atoms with van der Waals surface area (Å²) >= 11 is 0. The van der Waals surface area contributed by atoms with Crippen molar-refractivity contribution >= 4 is 23.1 Å². The van der Waals surface area contributed by atoms with Crippen molar-refractivity contribution in [2.24, 2.45) is 0 Å². The van der Waals surface area contributed by atoms with Gasteiger partial charge in [-0.2, -0.15) is 0 Å². The van der Waals surface area contributed by atoms with Crippen molar-refractivity contribution in [1.82, 2.24) is 4.90 Å². The van der Waals surface area contributed by atoms with Gasteiger partial charge in [0.25, 0.3) is 11.8 Å². The fourth-order valence-electron chi connectivity index (χ4n) is 3.21. The third-order valence-corrected chi connectivity index (χ3v) is 4.64. The fourth-order valence-corrected chi connectivity index (χ4v) is 3.21. The maximum absolute atomic E-state index is 14.3. The van der Waals surface area contributed by atoms with E-state index in [1.165, 1.54) is 4.90 Å². The van der Waals surface area contributed by atoms with Crippen LogP contribution >= 0.6 is 0 Å². The molecule has 0 saturated carbocycles. The number of halogens is 2. The minimum Gasteiger partial charge on any atom is -0.494 e. The van der Waals surface area contributed by atoms with Crippen LogP contribution in [-0.2, 0) is 9.59 Å². The number of rotatable bonds is 8. The molecule has 0 atom stereocenters. The monoisotopic (exact) mass is 416 g/mol. The summed E-state index contributed by atoms with van der Waals surface area (Å²) in [5.41, 5.74) is 0.00990. The Labute approximate surface area is 173 Å². The second-order valence-corrected chi connectivity index (χ2v) is 6.78. The van der Waals surface area contributed by atoms with Gasteiger partial charge < -0.3 is 14.7 Å². The summed E-state index contributed by atoms with van der Waals surface area (Å²) in [6, 6.07) is 9.18. The standard InChI is InChI=1S/C22H22F2N2O4/c1-3-12-30-16-7-4-14(5-8-16)19-20(25(2)10-11-27)22(29)26(21(19)28)18-13-15(23)6-9-17(18)24/h4-9,13,27H,3,10-12H2,1-2H3. The molecule has 2 aromatic carbocycles. The molecule has 1 N–H and O–H groups in total. The van der Waals surface area contributed by atoms with Crippen molar-refractivity contribution in [3.8, 4) is 5.75 Å². The lowest BCUT2D eigenvalue weighted by molar-refractivity contribution is -0.120. The largest absolute Gasteiger partial charge is 0.494 e. The van der Waals surface area contributed by atoms with Crippen molar-refractivity contribution < 1.29 is 28.2 Å². The quantitative estimate of drug-likeness (QED) is 0.670. The summed E-state index contributed by atoms with van der Waals surface area (Å²) < 4.78 is 33.6. The predicted octanol–water partition coefficient (Wildman–Crippen LogP) is 2.96. The highest BCUT2D eigenvalue weighted by molar-refractivity contribution is 6.45. The molecule has 0 radical (unpaired) electrons. The molecule has 1 heterocycles. The zero-order chi connectivity index (χ0) is 21.8. The summed E-state index contributed by atoms with van der Waals surface area (Å²) in [6.07, 6.45) is 0.837. The summed E-state index contributed by atoms with van der Waals surface area (Å²) in [6.45, 7) is 2.34. The normalized spacial score (nSPS) is 14.0. The van der Waals surface area contributed by atoms with Gasteiger partial charge in [0.2, 0.25) is 0 Å². The van der Waals surface area contributed by atoms with Crippen LogP contribution in [0, 0.1) is 11.6 Å². The Morgan fingerprint density at radius 1 is 1.07 bits per heavy atom. The van der Waals surface area contributed by atoms with E-state index in [1.807, 2.05) is 6.92 Å². The van der Waals surface area contributed by atoms with E-state index in [0.717, 1.165) is 24.6 Å². The van der Waals surface area contributed by atoms with Crippen LogP contribution in [0.25, 0.3) is 5.57 Å². The van der Waals surface area contributed by atoms with E-state index in [1.54, 1.807) is 31.3 Å². The molecule has 0 spiro atoms. The molecule has 0 aromatic heterocycles. The molecule has 0 aliphatic carbocycles. The Morgan fingerprint density at radius 2 is 1.77 bits per heavy atom. The third-order valence-electron chi connectivity index (χ3n) is 4.64. The topological polar surface area (TPSA) is 70.1 Å². The van der Waals surface area contributed by atoms with E-state index < -0.39 is 29.1 Å². The molecule has 2 aromatic rings. The van der Waals surface area contributed by atoms with Gasteiger partial charge in [-0.3, -0.25) is 9.59 Å². The van der Waals surface area contributed by atoms with Crippen LogP contribution < -0.4 is 9.64 Å². The minimum atomic E-state index is -0.896. The molecule has 158 valence electrons. The zero-order valence-electron chi connectivity index (χ0n) is 16.7. The van der Waals surface area contributed by atoms with Gasteiger partial charge in [0.05, 0.1) is 24.5 Å². The first-order chi connectivity index (χ1) is 14.4. The molecule has 2 amide bonds. The molecule has 0 saturated heterocycles. The van der Waals surface area contributed by atoms with Crippen LogP contribution in [0.15, 0.2) is 48.2 Å². The van der Waals surface area contributed by atoms with Gasteiger partial charge >= 0.3 is 0 Å². The van der Waals surface area contributed by atoms with Crippen molar-refractivity contribution in [1.29, 1.82) is 0 Å². The van der Waals surface area contributed by atoms with E-state index in [2.05, 4.69) is 0 Å². The molecule has 0 fully saturated rings. The predicted molar refractivity (Wildman–Crippen MR) is 108 cm³/mol. The number of nitrogens with zero attached hydrogens (tertiary/aromatic N) is 2. The van der Waals surface area contributed by atoms with Crippen molar-refractivity contribution in [2.75, 3.05) is 31.7 Å². The maximum Gasteiger partial charge on any atom is 0.282 e. The molecule has 6 nitrogen and oxygen atoms in total. The number of anilines is 1. The lowest BCUT2D eigenvalue weighted by Crippen LogP contribution is -2.35. The number of carbonyl (C=O) groups is 2. The van der Waals surface area contributed by atoms with E-state index in [4.69, 9.17) is 4.74 Å². The number of amides is 2. The first kappa shape index (κ1) is 21.4.